The normalized spacial score (nSPS) is 18.9. The number of methoxy groups -OCH3 is 1. The van der Waals surface area contributed by atoms with E-state index in [1.165, 1.54) is 25.9 Å². The smallest absolute Gasteiger partial charge is 0.251 e. The Labute approximate surface area is 133 Å². The summed E-state index contributed by atoms with van der Waals surface area (Å²) in [7, 11) is 1.61. The van der Waals surface area contributed by atoms with Gasteiger partial charge in [0.15, 0.2) is 0 Å². The van der Waals surface area contributed by atoms with Crippen LogP contribution in [0.3, 0.4) is 0 Å². The van der Waals surface area contributed by atoms with Gasteiger partial charge in [0.2, 0.25) is 0 Å². The van der Waals surface area contributed by atoms with Gasteiger partial charge in [-0.25, -0.2) is 0 Å². The van der Waals surface area contributed by atoms with Gasteiger partial charge < -0.3 is 15.0 Å². The van der Waals surface area contributed by atoms with Crippen molar-refractivity contribution in [1.29, 1.82) is 0 Å². The van der Waals surface area contributed by atoms with Crippen molar-refractivity contribution < 1.29 is 9.53 Å². The highest BCUT2D eigenvalue weighted by Crippen LogP contribution is 2.15. The van der Waals surface area contributed by atoms with Crippen molar-refractivity contribution >= 4 is 5.91 Å². The molecule has 1 aliphatic heterocycles. The number of nitrogens with one attached hydrogen (secondary N) is 1. The lowest BCUT2D eigenvalue weighted by Gasteiger charge is -2.30. The molecule has 0 aliphatic carbocycles. The van der Waals surface area contributed by atoms with Crippen LogP contribution in [0.15, 0.2) is 24.3 Å². The molecule has 1 fully saturated rings. The number of hydrogen-bond acceptors (Lipinski definition) is 3. The second kappa shape index (κ2) is 8.79. The molecule has 4 nitrogen and oxygen atoms in total. The van der Waals surface area contributed by atoms with E-state index in [9.17, 15) is 4.79 Å². The Bertz CT molecular complexity index is 476. The highest BCUT2D eigenvalue weighted by molar-refractivity contribution is 5.94. The van der Waals surface area contributed by atoms with Gasteiger partial charge in [-0.1, -0.05) is 13.0 Å². The Hall–Kier alpha value is -1.55. The number of carbonyl (C=O) groups is 1. The molecule has 1 saturated heterocycles. The summed E-state index contributed by atoms with van der Waals surface area (Å²) in [6, 6.07) is 7.26. The summed E-state index contributed by atoms with van der Waals surface area (Å²) in [4.78, 5) is 14.6. The first kappa shape index (κ1) is 16.8. The minimum Gasteiger partial charge on any atom is -0.497 e. The molecule has 0 spiro atoms. The quantitative estimate of drug-likeness (QED) is 0.788. The van der Waals surface area contributed by atoms with Crippen molar-refractivity contribution in [3.8, 4) is 5.75 Å². The van der Waals surface area contributed by atoms with Crippen molar-refractivity contribution in [3.63, 3.8) is 0 Å². The lowest BCUT2D eigenvalue weighted by molar-refractivity contribution is 0.0952. The van der Waals surface area contributed by atoms with Gasteiger partial charge in [-0.3, -0.25) is 4.79 Å². The minimum atomic E-state index is -0.0227. The van der Waals surface area contributed by atoms with Crippen LogP contribution >= 0.6 is 0 Å². The molecule has 122 valence electrons. The van der Waals surface area contributed by atoms with Crippen LogP contribution in [0.1, 0.15) is 43.0 Å². The van der Waals surface area contributed by atoms with Crippen LogP contribution in [-0.4, -0.2) is 44.1 Å². The standard InChI is InChI=1S/C18H28N2O2/c1-15-7-6-12-20(14-15)11-4-3-10-19-18(21)16-8-5-9-17(13-16)22-2/h5,8-9,13,15H,3-4,6-7,10-12,14H2,1-2H3,(H,19,21)/t15-/m1/s1. The number of hydrogen-bond donors (Lipinski definition) is 1. The van der Waals surface area contributed by atoms with Gasteiger partial charge in [0.25, 0.3) is 5.91 Å². The van der Waals surface area contributed by atoms with Crippen LogP contribution in [0, 0.1) is 5.92 Å². The molecule has 0 radical (unpaired) electrons. The Kier molecular flexibility index (Phi) is 6.72. The number of nitrogens with zero attached hydrogens (tertiary/aromatic N) is 1. The summed E-state index contributed by atoms with van der Waals surface area (Å²) in [6.45, 7) is 6.69. The van der Waals surface area contributed by atoms with E-state index in [1.807, 2.05) is 18.2 Å². The van der Waals surface area contributed by atoms with Gasteiger partial charge in [-0.15, -0.1) is 0 Å². The second-order valence-corrected chi connectivity index (χ2v) is 6.24. The Morgan fingerprint density at radius 2 is 2.27 bits per heavy atom. The van der Waals surface area contributed by atoms with Crippen LogP contribution in [0.2, 0.25) is 0 Å². The largest absolute Gasteiger partial charge is 0.497 e. The molecule has 2 rings (SSSR count). The highest BCUT2D eigenvalue weighted by Gasteiger charge is 2.15. The zero-order valence-electron chi connectivity index (χ0n) is 13.8. The molecule has 1 aromatic rings. The number of benzene rings is 1. The average molecular weight is 304 g/mol. The van der Waals surface area contributed by atoms with Gasteiger partial charge in [0, 0.05) is 18.7 Å². The first-order chi connectivity index (χ1) is 10.7. The van der Waals surface area contributed by atoms with Gasteiger partial charge >= 0.3 is 0 Å². The number of ether oxygens (including phenoxy) is 1. The van der Waals surface area contributed by atoms with Crippen molar-refractivity contribution in [2.24, 2.45) is 5.92 Å². The molecule has 1 amide bonds. The topological polar surface area (TPSA) is 41.6 Å². The van der Waals surface area contributed by atoms with Gasteiger partial charge in [0.1, 0.15) is 5.75 Å². The average Bonchev–Trinajstić information content (AvgIpc) is 2.54. The van der Waals surface area contributed by atoms with Crippen LogP contribution in [0.5, 0.6) is 5.75 Å². The molecule has 0 bridgehead atoms. The van der Waals surface area contributed by atoms with Gasteiger partial charge in [0.05, 0.1) is 7.11 Å². The number of amides is 1. The zero-order valence-corrected chi connectivity index (χ0v) is 13.8. The fourth-order valence-corrected chi connectivity index (χ4v) is 3.02. The maximum Gasteiger partial charge on any atom is 0.251 e. The summed E-state index contributed by atoms with van der Waals surface area (Å²) in [6.07, 6.45) is 4.87. The van der Waals surface area contributed by atoms with Crippen LogP contribution in [0.4, 0.5) is 0 Å². The maximum absolute atomic E-state index is 12.0. The van der Waals surface area contributed by atoms with Crippen LogP contribution < -0.4 is 10.1 Å². The number of rotatable bonds is 7. The SMILES string of the molecule is COc1cccc(C(=O)NCCCCN2CCC[C@@H](C)C2)c1. The number of unbranched alkanes of at least 4 members (excludes halogenated alkanes) is 1. The van der Waals surface area contributed by atoms with Crippen molar-refractivity contribution in [2.45, 2.75) is 32.6 Å². The molecule has 1 aromatic carbocycles. The van der Waals surface area contributed by atoms with E-state index >= 15 is 0 Å². The van der Waals surface area contributed by atoms with E-state index in [0.29, 0.717) is 11.3 Å². The fourth-order valence-electron chi connectivity index (χ4n) is 3.02. The Morgan fingerprint density at radius 3 is 3.05 bits per heavy atom. The van der Waals surface area contributed by atoms with Gasteiger partial charge in [-0.2, -0.15) is 0 Å². The Balaban J connectivity index is 1.62. The molecule has 1 atom stereocenters. The fraction of sp³-hybridized carbons (Fsp3) is 0.611. The summed E-state index contributed by atoms with van der Waals surface area (Å²) in [5.74, 6) is 1.53. The van der Waals surface area contributed by atoms with E-state index < -0.39 is 0 Å². The van der Waals surface area contributed by atoms with Crippen molar-refractivity contribution in [3.05, 3.63) is 29.8 Å². The van der Waals surface area contributed by atoms with Crippen molar-refractivity contribution in [2.75, 3.05) is 33.3 Å². The van der Waals surface area contributed by atoms with E-state index in [4.69, 9.17) is 4.74 Å². The first-order valence-electron chi connectivity index (χ1n) is 8.33. The third kappa shape index (κ3) is 5.34. The number of likely N-dealkylation sites (tertiary alicyclic amines) is 1. The van der Waals surface area contributed by atoms with Crippen molar-refractivity contribution in [1.82, 2.24) is 10.2 Å². The predicted molar refractivity (Wildman–Crippen MR) is 89.4 cm³/mol. The monoisotopic (exact) mass is 304 g/mol. The second-order valence-electron chi connectivity index (χ2n) is 6.24. The molecule has 0 unspecified atom stereocenters. The van der Waals surface area contributed by atoms with Crippen LogP contribution in [-0.2, 0) is 0 Å². The Morgan fingerprint density at radius 1 is 1.41 bits per heavy atom. The molecule has 4 heteroatoms. The predicted octanol–water partition coefficient (Wildman–Crippen LogP) is 2.94. The third-order valence-electron chi connectivity index (χ3n) is 4.26. The molecule has 1 N–H and O–H groups in total. The summed E-state index contributed by atoms with van der Waals surface area (Å²) in [5.41, 5.74) is 0.657. The number of piperidine rings is 1. The maximum atomic E-state index is 12.0. The van der Waals surface area contributed by atoms with E-state index in [2.05, 4.69) is 17.1 Å². The molecular formula is C18H28N2O2. The molecular weight excluding hydrogens is 276 g/mol. The van der Waals surface area contributed by atoms with Gasteiger partial charge in [-0.05, 0) is 62.9 Å². The zero-order chi connectivity index (χ0) is 15.8. The summed E-state index contributed by atoms with van der Waals surface area (Å²) in [5, 5.41) is 2.98. The summed E-state index contributed by atoms with van der Waals surface area (Å²) < 4.78 is 5.14. The molecule has 0 saturated carbocycles. The summed E-state index contributed by atoms with van der Waals surface area (Å²) >= 11 is 0. The highest BCUT2D eigenvalue weighted by atomic mass is 16.5. The van der Waals surface area contributed by atoms with E-state index in [1.54, 1.807) is 13.2 Å². The van der Waals surface area contributed by atoms with E-state index in [0.717, 1.165) is 31.8 Å². The third-order valence-corrected chi connectivity index (χ3v) is 4.26. The van der Waals surface area contributed by atoms with E-state index in [-0.39, 0.29) is 5.91 Å². The first-order valence-corrected chi connectivity index (χ1v) is 8.33. The van der Waals surface area contributed by atoms with Crippen LogP contribution in [0.25, 0.3) is 0 Å². The number of carbonyl (C=O) groups excluding carboxylic acids is 1. The minimum absolute atomic E-state index is 0.0227. The molecule has 0 aromatic heterocycles. The lowest BCUT2D eigenvalue weighted by atomic mass is 10.0. The lowest BCUT2D eigenvalue weighted by Crippen LogP contribution is -2.35. The molecule has 1 heterocycles. The molecule has 1 aliphatic rings. The molecule has 22 heavy (non-hydrogen) atoms.